The molecular weight excluding hydrogens is 438 g/mol. The normalized spacial score (nSPS) is 15.2. The van der Waals surface area contributed by atoms with Crippen LogP contribution >= 0.6 is 0 Å². The van der Waals surface area contributed by atoms with E-state index in [1.807, 2.05) is 93.6 Å². The standard InChI is InChI=1S/C29H27N3O3/c1-4-21-17-31(26-14-18(2)19(3)15-27(26)32(21)29(34)35)28(33)23-16-25(20-10-6-5-7-11-20)30-24-13-9-8-12-22(23)24/h5-16,21H,4,17H2,1-3H3,(H,34,35). The van der Waals surface area contributed by atoms with Crippen molar-refractivity contribution in [3.8, 4) is 11.3 Å². The average Bonchev–Trinajstić information content (AvgIpc) is 2.87. The van der Waals surface area contributed by atoms with Gasteiger partial charge in [0, 0.05) is 17.5 Å². The lowest BCUT2D eigenvalue weighted by Crippen LogP contribution is -2.52. The number of rotatable bonds is 3. The molecule has 1 aliphatic rings. The number of carbonyl (C=O) groups is 2. The predicted octanol–water partition coefficient (Wildman–Crippen LogP) is 6.44. The smallest absolute Gasteiger partial charge is 0.412 e. The van der Waals surface area contributed by atoms with E-state index in [1.54, 1.807) is 4.90 Å². The van der Waals surface area contributed by atoms with Crippen LogP contribution in [0.3, 0.4) is 0 Å². The highest BCUT2D eigenvalue weighted by Gasteiger charge is 2.37. The molecule has 0 radical (unpaired) electrons. The number of fused-ring (bicyclic) bond motifs is 2. The first-order valence-corrected chi connectivity index (χ1v) is 11.8. The summed E-state index contributed by atoms with van der Waals surface area (Å²) in [5.74, 6) is -0.159. The van der Waals surface area contributed by atoms with E-state index in [1.165, 1.54) is 4.90 Å². The quantitative estimate of drug-likeness (QED) is 0.378. The highest BCUT2D eigenvalue weighted by atomic mass is 16.4. The van der Waals surface area contributed by atoms with Crippen molar-refractivity contribution >= 4 is 34.3 Å². The summed E-state index contributed by atoms with van der Waals surface area (Å²) < 4.78 is 0. The monoisotopic (exact) mass is 465 g/mol. The molecular formula is C29H27N3O3. The van der Waals surface area contributed by atoms with Crippen LogP contribution in [0.1, 0.15) is 34.8 Å². The van der Waals surface area contributed by atoms with Gasteiger partial charge in [0.1, 0.15) is 0 Å². The summed E-state index contributed by atoms with van der Waals surface area (Å²) in [5.41, 5.74) is 6.11. The second kappa shape index (κ2) is 8.87. The van der Waals surface area contributed by atoms with E-state index in [-0.39, 0.29) is 18.5 Å². The van der Waals surface area contributed by atoms with Gasteiger partial charge in [-0.15, -0.1) is 0 Å². The number of nitrogens with zero attached hydrogens (tertiary/aromatic N) is 3. The summed E-state index contributed by atoms with van der Waals surface area (Å²) in [6.45, 7) is 6.17. The average molecular weight is 466 g/mol. The molecule has 2 heterocycles. The van der Waals surface area contributed by atoms with Gasteiger partial charge in [-0.2, -0.15) is 0 Å². The van der Waals surface area contributed by atoms with Crippen molar-refractivity contribution in [2.75, 3.05) is 16.3 Å². The number of benzene rings is 3. The van der Waals surface area contributed by atoms with E-state index >= 15 is 0 Å². The van der Waals surface area contributed by atoms with Gasteiger partial charge in [0.15, 0.2) is 0 Å². The van der Waals surface area contributed by atoms with Crippen LogP contribution in [0.15, 0.2) is 72.8 Å². The first-order chi connectivity index (χ1) is 16.9. The Morgan fingerprint density at radius 1 is 0.943 bits per heavy atom. The third-order valence-corrected chi connectivity index (χ3v) is 6.84. The van der Waals surface area contributed by atoms with Crippen LogP contribution in [0.25, 0.3) is 22.2 Å². The van der Waals surface area contributed by atoms with Gasteiger partial charge in [-0.1, -0.05) is 55.5 Å². The van der Waals surface area contributed by atoms with E-state index in [0.717, 1.165) is 33.3 Å². The van der Waals surface area contributed by atoms with Gasteiger partial charge in [0.25, 0.3) is 5.91 Å². The Bertz CT molecular complexity index is 1450. The van der Waals surface area contributed by atoms with Gasteiger partial charge in [-0.3, -0.25) is 9.69 Å². The molecule has 4 aromatic rings. The first kappa shape index (κ1) is 22.6. The highest BCUT2D eigenvalue weighted by Crippen LogP contribution is 2.40. The van der Waals surface area contributed by atoms with Gasteiger partial charge in [0.2, 0.25) is 0 Å². The van der Waals surface area contributed by atoms with Gasteiger partial charge in [-0.25, -0.2) is 9.78 Å². The largest absolute Gasteiger partial charge is 0.465 e. The number of aryl methyl sites for hydroxylation is 2. The molecule has 176 valence electrons. The van der Waals surface area contributed by atoms with Gasteiger partial charge in [0.05, 0.1) is 34.2 Å². The lowest BCUT2D eigenvalue weighted by Gasteiger charge is -2.41. The predicted molar refractivity (Wildman–Crippen MR) is 139 cm³/mol. The summed E-state index contributed by atoms with van der Waals surface area (Å²) in [6, 6.07) is 22.8. The molecule has 5 rings (SSSR count). The number of carbonyl (C=O) groups excluding carboxylic acids is 1. The minimum atomic E-state index is -1.01. The van der Waals surface area contributed by atoms with Crippen LogP contribution in [0.5, 0.6) is 0 Å². The summed E-state index contributed by atoms with van der Waals surface area (Å²) >= 11 is 0. The molecule has 1 aromatic heterocycles. The van der Waals surface area contributed by atoms with E-state index in [2.05, 4.69) is 0 Å². The fraction of sp³-hybridized carbons (Fsp3) is 0.207. The Kier molecular flexibility index (Phi) is 5.73. The number of aromatic nitrogens is 1. The Hall–Kier alpha value is -4.19. The molecule has 0 saturated carbocycles. The molecule has 1 N–H and O–H groups in total. The van der Waals surface area contributed by atoms with E-state index in [4.69, 9.17) is 4.98 Å². The lowest BCUT2D eigenvalue weighted by atomic mass is 9.98. The van der Waals surface area contributed by atoms with Crippen molar-refractivity contribution in [3.63, 3.8) is 0 Å². The van der Waals surface area contributed by atoms with Crippen LogP contribution in [-0.4, -0.2) is 34.7 Å². The van der Waals surface area contributed by atoms with Crippen molar-refractivity contribution in [1.29, 1.82) is 0 Å². The van der Waals surface area contributed by atoms with E-state index < -0.39 is 6.09 Å². The van der Waals surface area contributed by atoms with Crippen LogP contribution < -0.4 is 9.80 Å². The molecule has 1 unspecified atom stereocenters. The molecule has 3 aromatic carbocycles. The number of para-hydroxylation sites is 1. The maximum atomic E-state index is 14.2. The van der Waals surface area contributed by atoms with Gasteiger partial charge < -0.3 is 10.0 Å². The molecule has 0 saturated heterocycles. The lowest BCUT2D eigenvalue weighted by molar-refractivity contribution is 0.0984. The zero-order valence-corrected chi connectivity index (χ0v) is 20.0. The second-order valence-electron chi connectivity index (χ2n) is 8.99. The fourth-order valence-electron chi connectivity index (χ4n) is 4.80. The Morgan fingerprint density at radius 3 is 2.29 bits per heavy atom. The minimum Gasteiger partial charge on any atom is -0.465 e. The Balaban J connectivity index is 1.70. The fourth-order valence-corrected chi connectivity index (χ4v) is 4.80. The number of amides is 2. The minimum absolute atomic E-state index is 0.159. The Morgan fingerprint density at radius 2 is 1.60 bits per heavy atom. The molecule has 2 amide bonds. The number of hydrogen-bond donors (Lipinski definition) is 1. The number of hydrogen-bond acceptors (Lipinski definition) is 3. The van der Waals surface area contributed by atoms with E-state index in [9.17, 15) is 14.7 Å². The third kappa shape index (κ3) is 3.91. The molecule has 35 heavy (non-hydrogen) atoms. The molecule has 1 atom stereocenters. The molecule has 6 nitrogen and oxygen atoms in total. The molecule has 6 heteroatoms. The number of carboxylic acid groups (broad SMARTS) is 1. The zero-order chi connectivity index (χ0) is 24.7. The topological polar surface area (TPSA) is 73.7 Å². The van der Waals surface area contributed by atoms with Crippen molar-refractivity contribution in [2.24, 2.45) is 0 Å². The van der Waals surface area contributed by atoms with E-state index in [0.29, 0.717) is 23.4 Å². The second-order valence-corrected chi connectivity index (χ2v) is 8.99. The maximum absolute atomic E-state index is 14.2. The third-order valence-electron chi connectivity index (χ3n) is 6.84. The summed E-state index contributed by atoms with van der Waals surface area (Å²) in [6.07, 6.45) is -0.413. The number of pyridine rings is 1. The van der Waals surface area contributed by atoms with Crippen LogP contribution in [0.4, 0.5) is 16.2 Å². The summed E-state index contributed by atoms with van der Waals surface area (Å²) in [5, 5.41) is 10.8. The molecule has 0 fully saturated rings. The Labute approximate surface area is 204 Å². The van der Waals surface area contributed by atoms with Crippen molar-refractivity contribution in [2.45, 2.75) is 33.2 Å². The zero-order valence-electron chi connectivity index (χ0n) is 20.0. The van der Waals surface area contributed by atoms with Crippen LogP contribution in [-0.2, 0) is 0 Å². The SMILES string of the molecule is CCC1CN(C(=O)c2cc(-c3ccccc3)nc3ccccc23)c2cc(C)c(C)cc2N1C(=O)O. The van der Waals surface area contributed by atoms with Crippen molar-refractivity contribution in [3.05, 3.63) is 89.5 Å². The van der Waals surface area contributed by atoms with Gasteiger partial charge >= 0.3 is 6.09 Å². The molecule has 0 spiro atoms. The molecule has 1 aliphatic heterocycles. The van der Waals surface area contributed by atoms with Crippen molar-refractivity contribution in [1.82, 2.24) is 4.98 Å². The highest BCUT2D eigenvalue weighted by molar-refractivity contribution is 6.16. The molecule has 0 aliphatic carbocycles. The van der Waals surface area contributed by atoms with Crippen LogP contribution in [0, 0.1) is 13.8 Å². The summed E-state index contributed by atoms with van der Waals surface area (Å²) in [7, 11) is 0. The van der Waals surface area contributed by atoms with Crippen molar-refractivity contribution < 1.29 is 14.7 Å². The maximum Gasteiger partial charge on any atom is 0.412 e. The van der Waals surface area contributed by atoms with Crippen LogP contribution in [0.2, 0.25) is 0 Å². The number of anilines is 2. The molecule has 0 bridgehead atoms. The van der Waals surface area contributed by atoms with Gasteiger partial charge in [-0.05, 0) is 55.7 Å². The first-order valence-electron chi connectivity index (χ1n) is 11.8. The summed E-state index contributed by atoms with van der Waals surface area (Å²) in [4.78, 5) is 34.4.